The van der Waals surface area contributed by atoms with Crippen molar-refractivity contribution >= 4 is 17.3 Å². The molecule has 20 heavy (non-hydrogen) atoms. The molecule has 3 unspecified atom stereocenters. The minimum absolute atomic E-state index is 0.195. The Hall–Kier alpha value is -0.800. The van der Waals surface area contributed by atoms with E-state index >= 15 is 0 Å². The Bertz CT molecular complexity index is 460. The largest absolute Gasteiger partial charge is 0.382 e. The van der Waals surface area contributed by atoms with Crippen molar-refractivity contribution in [3.63, 3.8) is 0 Å². The highest BCUT2D eigenvalue weighted by atomic mass is 35.5. The maximum absolute atomic E-state index is 13.2. The van der Waals surface area contributed by atoms with Gasteiger partial charge < -0.3 is 10.6 Å². The molecule has 0 amide bonds. The van der Waals surface area contributed by atoms with Crippen molar-refractivity contribution in [2.45, 2.75) is 50.6 Å². The van der Waals surface area contributed by atoms with Gasteiger partial charge in [-0.2, -0.15) is 0 Å². The average molecular weight is 297 g/mol. The summed E-state index contributed by atoms with van der Waals surface area (Å²) < 4.78 is 13.2. The Morgan fingerprint density at radius 1 is 1.15 bits per heavy atom. The zero-order valence-corrected chi connectivity index (χ0v) is 12.4. The average Bonchev–Trinajstić information content (AvgIpc) is 2.92. The standard InChI is InChI=1S/C16H22ClFN2/c17-13-10-11(7-8-14(13)18)20-16-6-3-4-12(16)15-5-1-2-9-19-15/h7-8,10,12,15-16,19-20H,1-6,9H2. The van der Waals surface area contributed by atoms with E-state index in [1.54, 1.807) is 12.1 Å². The van der Waals surface area contributed by atoms with Crippen LogP contribution in [0.3, 0.4) is 0 Å². The van der Waals surface area contributed by atoms with Crippen LogP contribution in [0.4, 0.5) is 10.1 Å². The van der Waals surface area contributed by atoms with Crippen molar-refractivity contribution in [1.82, 2.24) is 5.32 Å². The topological polar surface area (TPSA) is 24.1 Å². The van der Waals surface area contributed by atoms with E-state index in [0.717, 1.165) is 12.2 Å². The summed E-state index contributed by atoms with van der Waals surface area (Å²) in [6, 6.07) is 6.03. The highest BCUT2D eigenvalue weighted by Gasteiger charge is 2.34. The van der Waals surface area contributed by atoms with E-state index in [4.69, 9.17) is 11.6 Å². The van der Waals surface area contributed by atoms with Gasteiger partial charge in [0.05, 0.1) is 5.02 Å². The predicted molar refractivity (Wildman–Crippen MR) is 81.8 cm³/mol. The van der Waals surface area contributed by atoms with Gasteiger partial charge >= 0.3 is 0 Å². The van der Waals surface area contributed by atoms with Crippen molar-refractivity contribution in [1.29, 1.82) is 0 Å². The molecule has 0 bridgehead atoms. The molecule has 1 aromatic rings. The first kappa shape index (κ1) is 14.2. The Balaban J connectivity index is 1.67. The van der Waals surface area contributed by atoms with E-state index < -0.39 is 0 Å². The third-order valence-corrected chi connectivity index (χ3v) is 5.00. The van der Waals surface area contributed by atoms with E-state index in [1.165, 1.54) is 44.6 Å². The van der Waals surface area contributed by atoms with Crippen molar-refractivity contribution in [3.05, 3.63) is 29.0 Å². The van der Waals surface area contributed by atoms with Crippen LogP contribution in [0.5, 0.6) is 0 Å². The summed E-state index contributed by atoms with van der Waals surface area (Å²) >= 11 is 5.86. The molecule has 2 fully saturated rings. The second-order valence-corrected chi connectivity index (χ2v) is 6.44. The van der Waals surface area contributed by atoms with Gasteiger partial charge in [-0.3, -0.25) is 0 Å². The fourth-order valence-corrected chi connectivity index (χ4v) is 3.87. The molecule has 2 aliphatic rings. The molecule has 4 heteroatoms. The number of halogens is 2. The zero-order chi connectivity index (χ0) is 13.9. The fraction of sp³-hybridized carbons (Fsp3) is 0.625. The van der Waals surface area contributed by atoms with Crippen molar-refractivity contribution in [2.24, 2.45) is 5.92 Å². The Kier molecular flexibility index (Phi) is 4.47. The number of anilines is 1. The summed E-state index contributed by atoms with van der Waals surface area (Å²) in [5.74, 6) is 0.327. The van der Waals surface area contributed by atoms with Crippen LogP contribution in [0.1, 0.15) is 38.5 Å². The van der Waals surface area contributed by atoms with Gasteiger partial charge in [-0.25, -0.2) is 4.39 Å². The van der Waals surface area contributed by atoms with Gasteiger partial charge in [0, 0.05) is 17.8 Å². The summed E-state index contributed by atoms with van der Waals surface area (Å²) in [6.45, 7) is 1.15. The summed E-state index contributed by atoms with van der Waals surface area (Å²) in [4.78, 5) is 0. The van der Waals surface area contributed by atoms with E-state index in [2.05, 4.69) is 10.6 Å². The maximum Gasteiger partial charge on any atom is 0.141 e. The SMILES string of the molecule is Fc1ccc(NC2CCCC2C2CCCCN2)cc1Cl. The molecule has 0 spiro atoms. The number of hydrogen-bond acceptors (Lipinski definition) is 2. The fourth-order valence-electron chi connectivity index (χ4n) is 3.69. The van der Waals surface area contributed by atoms with Crippen LogP contribution >= 0.6 is 11.6 Å². The minimum Gasteiger partial charge on any atom is -0.382 e. The molecule has 3 rings (SSSR count). The lowest BCUT2D eigenvalue weighted by Gasteiger charge is -2.33. The van der Waals surface area contributed by atoms with Gasteiger partial charge in [0.25, 0.3) is 0 Å². The molecule has 1 heterocycles. The van der Waals surface area contributed by atoms with Gasteiger partial charge in [0.1, 0.15) is 5.82 Å². The van der Waals surface area contributed by atoms with Crippen LogP contribution in [0.2, 0.25) is 5.02 Å². The quantitative estimate of drug-likeness (QED) is 0.873. The molecule has 1 saturated carbocycles. The van der Waals surface area contributed by atoms with E-state index in [1.807, 2.05) is 0 Å². The second-order valence-electron chi connectivity index (χ2n) is 6.03. The van der Waals surface area contributed by atoms with Crippen LogP contribution < -0.4 is 10.6 Å². The third-order valence-electron chi connectivity index (χ3n) is 4.71. The van der Waals surface area contributed by atoms with Gasteiger partial charge in [-0.05, 0) is 56.3 Å². The molecule has 110 valence electrons. The monoisotopic (exact) mass is 296 g/mol. The highest BCUT2D eigenvalue weighted by molar-refractivity contribution is 6.31. The van der Waals surface area contributed by atoms with Crippen molar-refractivity contribution < 1.29 is 4.39 Å². The van der Waals surface area contributed by atoms with E-state index in [-0.39, 0.29) is 10.8 Å². The summed E-state index contributed by atoms with van der Waals surface area (Å²) in [5, 5.41) is 7.43. The van der Waals surface area contributed by atoms with Crippen LogP contribution in [0, 0.1) is 11.7 Å². The number of nitrogens with one attached hydrogen (secondary N) is 2. The Morgan fingerprint density at radius 3 is 2.80 bits per heavy atom. The first-order chi connectivity index (χ1) is 9.74. The number of piperidine rings is 1. The minimum atomic E-state index is -0.353. The Labute approximate surface area is 125 Å². The second kappa shape index (κ2) is 6.31. The maximum atomic E-state index is 13.2. The summed E-state index contributed by atoms with van der Waals surface area (Å²) in [6.07, 6.45) is 7.67. The van der Waals surface area contributed by atoms with Crippen LogP contribution in [-0.2, 0) is 0 Å². The number of hydrogen-bond donors (Lipinski definition) is 2. The molecule has 3 atom stereocenters. The number of rotatable bonds is 3. The van der Waals surface area contributed by atoms with Gasteiger partial charge in [-0.1, -0.05) is 24.4 Å². The highest BCUT2D eigenvalue weighted by Crippen LogP contribution is 2.34. The molecule has 1 saturated heterocycles. The summed E-state index contributed by atoms with van der Waals surface area (Å²) in [7, 11) is 0. The van der Waals surface area contributed by atoms with Crippen LogP contribution in [0.15, 0.2) is 18.2 Å². The molecular formula is C16H22ClFN2. The zero-order valence-electron chi connectivity index (χ0n) is 11.7. The lowest BCUT2D eigenvalue weighted by atomic mass is 9.88. The van der Waals surface area contributed by atoms with Gasteiger partial charge in [0.2, 0.25) is 0 Å². The molecule has 1 aliphatic carbocycles. The lowest BCUT2D eigenvalue weighted by Crippen LogP contribution is -2.44. The van der Waals surface area contributed by atoms with Gasteiger partial charge in [0.15, 0.2) is 0 Å². The molecular weight excluding hydrogens is 275 g/mol. The van der Waals surface area contributed by atoms with E-state index in [9.17, 15) is 4.39 Å². The van der Waals surface area contributed by atoms with E-state index in [0.29, 0.717) is 18.0 Å². The smallest absolute Gasteiger partial charge is 0.141 e. The molecule has 0 radical (unpaired) electrons. The van der Waals surface area contributed by atoms with Crippen LogP contribution in [0.25, 0.3) is 0 Å². The van der Waals surface area contributed by atoms with Crippen LogP contribution in [-0.4, -0.2) is 18.6 Å². The molecule has 0 aromatic heterocycles. The number of benzene rings is 1. The first-order valence-electron chi connectivity index (χ1n) is 7.69. The molecule has 2 nitrogen and oxygen atoms in total. The normalized spacial score (nSPS) is 30.4. The predicted octanol–water partition coefficient (Wildman–Crippen LogP) is 4.20. The molecule has 1 aliphatic heterocycles. The molecule has 1 aromatic carbocycles. The van der Waals surface area contributed by atoms with Crippen molar-refractivity contribution in [3.8, 4) is 0 Å². The third kappa shape index (κ3) is 3.09. The Morgan fingerprint density at radius 2 is 2.05 bits per heavy atom. The van der Waals surface area contributed by atoms with Gasteiger partial charge in [-0.15, -0.1) is 0 Å². The summed E-state index contributed by atoms with van der Waals surface area (Å²) in [5.41, 5.74) is 0.934. The first-order valence-corrected chi connectivity index (χ1v) is 8.07. The van der Waals surface area contributed by atoms with Crippen molar-refractivity contribution in [2.75, 3.05) is 11.9 Å². The molecule has 2 N–H and O–H groups in total. The lowest BCUT2D eigenvalue weighted by molar-refractivity contribution is 0.286.